The van der Waals surface area contributed by atoms with E-state index in [4.69, 9.17) is 5.26 Å². The summed E-state index contributed by atoms with van der Waals surface area (Å²) in [5.41, 5.74) is 0. The van der Waals surface area contributed by atoms with Crippen molar-refractivity contribution in [2.45, 2.75) is 21.3 Å². The van der Waals surface area contributed by atoms with Crippen LogP contribution in [0.5, 0.6) is 0 Å². The normalized spacial score (nSPS) is 1.60. The van der Waals surface area contributed by atoms with Crippen LogP contribution in [0.15, 0.2) is 0 Å². The standard InChI is InChI=1S/C2H6.CHN.CH4.H2/c2*1-2;;/h1-2H3;1H;1H4;1H/i;;;1+2. The second-order valence-electron chi connectivity index (χ2n) is 0. The molecule has 0 radical (unpaired) electrons. The van der Waals surface area contributed by atoms with E-state index in [1.54, 1.807) is 0 Å². The second-order valence-corrected chi connectivity index (χ2v) is 0. The zero-order chi connectivity index (χ0) is 4.00. The zero-order valence-corrected chi connectivity index (χ0v) is 3.02. The third kappa shape index (κ3) is 29.8. The molecule has 1 heteroatoms. The Labute approximate surface area is 35.7 Å². The van der Waals surface area contributed by atoms with E-state index in [-0.39, 0.29) is 8.85 Å². The lowest BCUT2D eigenvalue weighted by atomic mass is 11.0. The van der Waals surface area contributed by atoms with Crippen LogP contribution in [0.4, 0.5) is 0 Å². The molecule has 0 aromatic carbocycles. The summed E-state index contributed by atoms with van der Waals surface area (Å²) < 4.78 is 0. The van der Waals surface area contributed by atoms with Crippen LogP contribution in [-0.4, -0.2) is 0 Å². The molecule has 0 spiro atoms. The average molecular weight is 77.2 g/mol. The van der Waals surface area contributed by atoms with Crippen LogP contribution in [0.3, 0.4) is 0 Å². The van der Waals surface area contributed by atoms with E-state index in [9.17, 15) is 0 Å². The van der Waals surface area contributed by atoms with Crippen molar-refractivity contribution in [2.24, 2.45) is 0 Å². The fourth-order valence-electron chi connectivity index (χ4n) is 0. The number of rotatable bonds is 0. The molecule has 0 aromatic heterocycles. The minimum atomic E-state index is 0. The van der Waals surface area contributed by atoms with Gasteiger partial charge in [-0.25, -0.2) is 5.26 Å². The highest BCUT2D eigenvalue weighted by Gasteiger charge is 0.932. The first-order valence-corrected chi connectivity index (χ1v) is 1.26. The van der Waals surface area contributed by atoms with Crippen LogP contribution < -0.4 is 0 Å². The van der Waals surface area contributed by atoms with Crippen molar-refractivity contribution in [1.29, 1.82) is 5.26 Å². The number of nitriles is 1. The maximum absolute atomic E-state index is 6.50. The van der Waals surface area contributed by atoms with Gasteiger partial charge in [-0.05, 0) is 0 Å². The molecule has 34 valence electrons. The fourth-order valence-corrected chi connectivity index (χ4v) is 0. The molecule has 0 saturated heterocycles. The van der Waals surface area contributed by atoms with Crippen LogP contribution in [0.25, 0.3) is 0 Å². The number of hydrogen-bond donors (Lipinski definition) is 0. The molecule has 0 fully saturated rings. The fraction of sp³-hybridized carbons (Fsp3) is 0.750. The summed E-state index contributed by atoms with van der Waals surface area (Å²) >= 11 is 0. The van der Waals surface area contributed by atoms with Gasteiger partial charge in [0.25, 0.3) is 0 Å². The Bertz CT molecular complexity index is 12.3. The van der Waals surface area contributed by atoms with Crippen molar-refractivity contribution in [3.63, 3.8) is 0 Å². The molecule has 0 N–H and O–H groups in total. The van der Waals surface area contributed by atoms with Gasteiger partial charge in [0, 0.05) is 8.00 Å². The minimum absolute atomic E-state index is 0. The van der Waals surface area contributed by atoms with Crippen LogP contribution in [0.1, 0.15) is 22.7 Å². The highest BCUT2D eigenvalue weighted by Crippen LogP contribution is 1.14. The Hall–Kier alpha value is -0.510. The van der Waals surface area contributed by atoms with Crippen molar-refractivity contribution >= 4 is 0 Å². The molecule has 0 aromatic rings. The van der Waals surface area contributed by atoms with E-state index in [0.29, 0.717) is 0 Å². The Balaban J connectivity index is -0.00000000500. The molecule has 1 nitrogen and oxygen atoms in total. The predicted molar refractivity (Wildman–Crippen MR) is 26.9 cm³/mol. The maximum atomic E-state index is 6.50. The average Bonchev–Trinajstić information content (AvgIpc) is 1.50. The minimum Gasteiger partial charge on any atom is -0.202 e. The first-order chi connectivity index (χ1) is 2.00. The van der Waals surface area contributed by atoms with Crippen molar-refractivity contribution in [1.82, 2.24) is 0 Å². The summed E-state index contributed by atoms with van der Waals surface area (Å²) in [5, 5.41) is 6.50. The first kappa shape index (κ1) is 24.6. The van der Waals surface area contributed by atoms with Gasteiger partial charge >= 0.3 is 0 Å². The van der Waals surface area contributed by atoms with Gasteiger partial charge < -0.3 is 0 Å². The van der Waals surface area contributed by atoms with Gasteiger partial charge in [-0.1, -0.05) is 21.3 Å². The van der Waals surface area contributed by atoms with Crippen LogP contribution in [-0.2, 0) is 0 Å². The molecule has 0 atom stereocenters. The Morgan fingerprint density at radius 2 is 1.40 bits per heavy atom. The molecular weight excluding hydrogens is 62.1 g/mol. The summed E-state index contributed by atoms with van der Waals surface area (Å²) in [6.07, 6.45) is 0. The van der Waals surface area contributed by atoms with Crippen molar-refractivity contribution in [3.8, 4) is 6.57 Å². The smallest absolute Gasteiger partial charge is 0.0462 e. The van der Waals surface area contributed by atoms with Crippen molar-refractivity contribution in [3.05, 3.63) is 0 Å². The van der Waals surface area contributed by atoms with Crippen LogP contribution in [0.2, 0.25) is 0 Å². The molecule has 0 saturated carbocycles. The summed E-state index contributed by atoms with van der Waals surface area (Å²) in [6.45, 7) is 7.50. The van der Waals surface area contributed by atoms with Gasteiger partial charge in [0.05, 0.1) is 0 Å². The van der Waals surface area contributed by atoms with Gasteiger partial charge in [0.2, 0.25) is 0 Å². The van der Waals surface area contributed by atoms with Crippen LogP contribution in [0, 0.1) is 11.8 Å². The lowest BCUT2D eigenvalue weighted by molar-refractivity contribution is 1.50. The summed E-state index contributed by atoms with van der Waals surface area (Å²) in [4.78, 5) is 0. The number of nitrogens with zero attached hydrogens (tertiary/aromatic N) is 1. The van der Waals surface area contributed by atoms with Gasteiger partial charge in [0.1, 0.15) is 0 Å². The van der Waals surface area contributed by atoms with E-state index in [1.165, 1.54) is 0 Å². The van der Waals surface area contributed by atoms with Crippen molar-refractivity contribution < 1.29 is 1.43 Å². The maximum Gasteiger partial charge on any atom is 0.0462 e. The predicted octanol–water partition coefficient (Wildman–Crippen LogP) is 2.05. The SMILES string of the molecule is C.C#N.CC.[3HH]. The molecule has 5 heavy (non-hydrogen) atoms. The van der Waals surface area contributed by atoms with E-state index in [1.807, 2.05) is 13.8 Å². The molecule has 0 heterocycles. The Kier molecular flexibility index (Phi) is 410. The highest BCUT2D eigenvalue weighted by atomic mass is 14.2. The molecule has 0 aliphatic rings. The van der Waals surface area contributed by atoms with Crippen LogP contribution >= 0.6 is 0 Å². The third-order valence-electron chi connectivity index (χ3n) is 0. The van der Waals surface area contributed by atoms with E-state index in [2.05, 4.69) is 6.57 Å². The quantitative estimate of drug-likeness (QED) is 0.434. The van der Waals surface area contributed by atoms with Gasteiger partial charge in [-0.3, -0.25) is 0 Å². The molecule has 0 aliphatic carbocycles. The second kappa shape index (κ2) is 83.2. The monoisotopic (exact) mass is 77.1 g/mol. The number of hydrogen-bond acceptors (Lipinski definition) is 1. The van der Waals surface area contributed by atoms with Gasteiger partial charge in [-0.2, -0.15) is 0 Å². The topological polar surface area (TPSA) is 23.8 Å². The Morgan fingerprint density at radius 3 is 1.40 bits per heavy atom. The Morgan fingerprint density at radius 1 is 1.40 bits per heavy atom. The molecular formula is C4H13N. The van der Waals surface area contributed by atoms with Gasteiger partial charge in [0.15, 0.2) is 0 Å². The summed E-state index contributed by atoms with van der Waals surface area (Å²) in [7, 11) is 0. The lowest BCUT2D eigenvalue weighted by Crippen LogP contribution is -0.856. The van der Waals surface area contributed by atoms with E-state index >= 15 is 0 Å². The molecule has 0 bridgehead atoms. The highest BCUT2D eigenvalue weighted by molar-refractivity contribution is 4.03. The lowest BCUT2D eigenvalue weighted by Gasteiger charge is -1.07. The van der Waals surface area contributed by atoms with E-state index < -0.39 is 0 Å². The zero-order valence-electron chi connectivity index (χ0n) is 3.02. The summed E-state index contributed by atoms with van der Waals surface area (Å²) in [5.74, 6) is 0. The molecule has 0 rings (SSSR count). The third-order valence-corrected chi connectivity index (χ3v) is 0. The van der Waals surface area contributed by atoms with Crippen molar-refractivity contribution in [2.75, 3.05) is 0 Å². The van der Waals surface area contributed by atoms with E-state index in [0.717, 1.165) is 0 Å². The largest absolute Gasteiger partial charge is 0.202 e. The molecule has 0 amide bonds. The summed E-state index contributed by atoms with van der Waals surface area (Å²) in [6, 6.07) is 0. The first-order valence-electron chi connectivity index (χ1n) is 1.26. The molecule has 0 aliphatic heterocycles. The molecule has 0 unspecified atom stereocenters. The van der Waals surface area contributed by atoms with Gasteiger partial charge in [-0.15, -0.1) is 0 Å².